The van der Waals surface area contributed by atoms with E-state index in [1.165, 1.54) is 0 Å². The highest BCUT2D eigenvalue weighted by atomic mass is 79.9. The highest BCUT2D eigenvalue weighted by Crippen LogP contribution is 2.53. The molecule has 0 atom stereocenters. The zero-order chi connectivity index (χ0) is 19.3. The van der Waals surface area contributed by atoms with Gasteiger partial charge in [-0.2, -0.15) is 0 Å². The third kappa shape index (κ3) is 2.49. The average Bonchev–Trinajstić information content (AvgIpc) is 2.99. The standard InChI is InChI=1S/C25H16BrClO/c26-24-12-6-3-9-20(24)19-14-13-16(27)15-23(19)25(28)21-10-4-1-7-17(21)18-8-2-5-11-22(18)25/h1-15,28H. The van der Waals surface area contributed by atoms with Crippen LogP contribution in [0.4, 0.5) is 0 Å². The van der Waals surface area contributed by atoms with Gasteiger partial charge in [0.25, 0.3) is 0 Å². The van der Waals surface area contributed by atoms with Crippen LogP contribution in [0.2, 0.25) is 5.02 Å². The fourth-order valence-electron chi connectivity index (χ4n) is 4.23. The summed E-state index contributed by atoms with van der Waals surface area (Å²) in [6, 6.07) is 29.9. The molecule has 0 saturated carbocycles. The van der Waals surface area contributed by atoms with Crippen molar-refractivity contribution >= 4 is 27.5 Å². The van der Waals surface area contributed by atoms with Crippen molar-refractivity contribution in [2.75, 3.05) is 0 Å². The molecule has 0 heterocycles. The summed E-state index contributed by atoms with van der Waals surface area (Å²) in [6.07, 6.45) is 0. The Morgan fingerprint density at radius 3 is 1.71 bits per heavy atom. The minimum atomic E-state index is -1.28. The molecule has 0 aliphatic heterocycles. The Kier molecular flexibility index (Phi) is 4.17. The van der Waals surface area contributed by atoms with Gasteiger partial charge in [-0.3, -0.25) is 0 Å². The monoisotopic (exact) mass is 446 g/mol. The van der Waals surface area contributed by atoms with Crippen molar-refractivity contribution in [3.05, 3.63) is 117 Å². The number of fused-ring (bicyclic) bond motifs is 3. The third-order valence-corrected chi connectivity index (χ3v) is 6.39. The van der Waals surface area contributed by atoms with Gasteiger partial charge in [0.2, 0.25) is 0 Å². The molecular formula is C25H16BrClO. The maximum atomic E-state index is 12.3. The van der Waals surface area contributed by atoms with E-state index in [0.29, 0.717) is 5.02 Å². The minimum absolute atomic E-state index is 0.598. The molecule has 28 heavy (non-hydrogen) atoms. The van der Waals surface area contributed by atoms with E-state index >= 15 is 0 Å². The number of hydrogen-bond donors (Lipinski definition) is 1. The maximum absolute atomic E-state index is 12.3. The van der Waals surface area contributed by atoms with E-state index < -0.39 is 5.60 Å². The predicted molar refractivity (Wildman–Crippen MR) is 119 cm³/mol. The first-order valence-corrected chi connectivity index (χ1v) is 10.2. The molecule has 3 heteroatoms. The second-order valence-corrected chi connectivity index (χ2v) is 8.26. The van der Waals surface area contributed by atoms with Crippen LogP contribution in [0, 0.1) is 0 Å². The van der Waals surface area contributed by atoms with Crippen molar-refractivity contribution in [2.45, 2.75) is 5.60 Å². The molecule has 0 aromatic heterocycles. The highest BCUT2D eigenvalue weighted by Gasteiger charge is 2.44. The molecule has 4 aromatic rings. The van der Waals surface area contributed by atoms with Gasteiger partial charge in [0.05, 0.1) is 0 Å². The largest absolute Gasteiger partial charge is 0.376 e. The summed E-state index contributed by atoms with van der Waals surface area (Å²) in [5.74, 6) is 0. The van der Waals surface area contributed by atoms with Gasteiger partial charge in [0.15, 0.2) is 0 Å². The van der Waals surface area contributed by atoms with Crippen LogP contribution in [-0.2, 0) is 5.60 Å². The minimum Gasteiger partial charge on any atom is -0.376 e. The van der Waals surface area contributed by atoms with Crippen LogP contribution in [0.5, 0.6) is 0 Å². The number of aliphatic hydroxyl groups is 1. The molecule has 1 N–H and O–H groups in total. The van der Waals surface area contributed by atoms with Gasteiger partial charge in [-0.15, -0.1) is 0 Å². The number of hydrogen-bond acceptors (Lipinski definition) is 1. The normalized spacial score (nSPS) is 13.8. The smallest absolute Gasteiger partial charge is 0.142 e. The summed E-state index contributed by atoms with van der Waals surface area (Å²) in [5, 5.41) is 12.8. The van der Waals surface area contributed by atoms with E-state index in [-0.39, 0.29) is 0 Å². The molecule has 5 rings (SSSR count). The van der Waals surface area contributed by atoms with Crippen LogP contribution in [0.15, 0.2) is 95.5 Å². The second kappa shape index (κ2) is 6.59. The fraction of sp³-hybridized carbons (Fsp3) is 0.0400. The molecule has 4 aromatic carbocycles. The summed E-state index contributed by atoms with van der Waals surface area (Å²) in [7, 11) is 0. The quantitative estimate of drug-likeness (QED) is 0.349. The lowest BCUT2D eigenvalue weighted by atomic mass is 9.80. The molecule has 0 spiro atoms. The van der Waals surface area contributed by atoms with Gasteiger partial charge in [0, 0.05) is 26.2 Å². The Labute approximate surface area is 177 Å². The molecule has 1 aliphatic carbocycles. The van der Waals surface area contributed by atoms with Gasteiger partial charge < -0.3 is 5.11 Å². The van der Waals surface area contributed by atoms with Crippen LogP contribution in [0.3, 0.4) is 0 Å². The molecule has 1 aliphatic rings. The van der Waals surface area contributed by atoms with Crippen LogP contribution in [-0.4, -0.2) is 5.11 Å². The highest BCUT2D eigenvalue weighted by molar-refractivity contribution is 9.10. The summed E-state index contributed by atoms with van der Waals surface area (Å²) in [4.78, 5) is 0. The van der Waals surface area contributed by atoms with Crippen LogP contribution < -0.4 is 0 Å². The predicted octanol–water partition coefficient (Wildman–Crippen LogP) is 7.03. The summed E-state index contributed by atoms with van der Waals surface area (Å²) in [5.41, 5.74) is 5.35. The lowest BCUT2D eigenvalue weighted by Gasteiger charge is -2.29. The Hall–Kier alpha value is -2.39. The average molecular weight is 448 g/mol. The third-order valence-electron chi connectivity index (χ3n) is 5.46. The first-order chi connectivity index (χ1) is 13.6. The SMILES string of the molecule is OC1(c2cc(Cl)ccc2-c2ccccc2Br)c2ccccc2-c2ccccc21. The van der Waals surface area contributed by atoms with Gasteiger partial charge in [0.1, 0.15) is 5.60 Å². The van der Waals surface area contributed by atoms with Crippen LogP contribution in [0.1, 0.15) is 16.7 Å². The zero-order valence-corrected chi connectivity index (χ0v) is 17.2. The first-order valence-electron chi connectivity index (χ1n) is 9.07. The van der Waals surface area contributed by atoms with E-state index in [1.54, 1.807) is 0 Å². The van der Waals surface area contributed by atoms with E-state index in [4.69, 9.17) is 11.6 Å². The number of rotatable bonds is 2. The van der Waals surface area contributed by atoms with E-state index in [9.17, 15) is 5.11 Å². The summed E-state index contributed by atoms with van der Waals surface area (Å²) in [6.45, 7) is 0. The van der Waals surface area contributed by atoms with Crippen LogP contribution in [0.25, 0.3) is 22.3 Å². The zero-order valence-electron chi connectivity index (χ0n) is 14.9. The molecule has 0 amide bonds. The van der Waals surface area contributed by atoms with Crippen molar-refractivity contribution in [3.63, 3.8) is 0 Å². The van der Waals surface area contributed by atoms with Crippen molar-refractivity contribution in [1.29, 1.82) is 0 Å². The Balaban J connectivity index is 1.88. The van der Waals surface area contributed by atoms with E-state index in [1.807, 2.05) is 78.9 Å². The molecule has 0 saturated heterocycles. The van der Waals surface area contributed by atoms with E-state index in [2.05, 4.69) is 28.1 Å². The molecule has 0 fully saturated rings. The molecule has 0 unspecified atom stereocenters. The number of halogens is 2. The molecule has 136 valence electrons. The maximum Gasteiger partial charge on any atom is 0.142 e. The van der Waals surface area contributed by atoms with Crippen molar-refractivity contribution in [1.82, 2.24) is 0 Å². The topological polar surface area (TPSA) is 20.2 Å². The van der Waals surface area contributed by atoms with Crippen LogP contribution >= 0.6 is 27.5 Å². The molecule has 0 bridgehead atoms. The molecule has 1 nitrogen and oxygen atoms in total. The van der Waals surface area contributed by atoms with Gasteiger partial charge in [-0.25, -0.2) is 0 Å². The van der Waals surface area contributed by atoms with Gasteiger partial charge in [-0.1, -0.05) is 100 Å². The Bertz CT molecular complexity index is 1170. The fourth-order valence-corrected chi connectivity index (χ4v) is 4.90. The van der Waals surface area contributed by atoms with Crippen molar-refractivity contribution < 1.29 is 5.11 Å². The van der Waals surface area contributed by atoms with Crippen molar-refractivity contribution in [2.24, 2.45) is 0 Å². The van der Waals surface area contributed by atoms with Gasteiger partial charge in [-0.05, 0) is 40.5 Å². The number of benzene rings is 4. The second-order valence-electron chi connectivity index (χ2n) is 6.97. The lowest BCUT2D eigenvalue weighted by molar-refractivity contribution is 0.131. The Morgan fingerprint density at radius 1 is 0.607 bits per heavy atom. The Morgan fingerprint density at radius 2 is 1.11 bits per heavy atom. The van der Waals surface area contributed by atoms with Crippen molar-refractivity contribution in [3.8, 4) is 22.3 Å². The molecule has 0 radical (unpaired) electrons. The van der Waals surface area contributed by atoms with Gasteiger partial charge >= 0.3 is 0 Å². The molecular weight excluding hydrogens is 432 g/mol. The first kappa shape index (κ1) is 17.7. The van der Waals surface area contributed by atoms with E-state index in [0.717, 1.165) is 43.4 Å². The lowest BCUT2D eigenvalue weighted by Crippen LogP contribution is -2.27. The summed E-state index contributed by atoms with van der Waals surface area (Å²) < 4.78 is 0.974. The summed E-state index contributed by atoms with van der Waals surface area (Å²) >= 11 is 10.1.